The number of hydrogen-bond donors (Lipinski definition) is 1. The number of fused-ring (bicyclic) bond motifs is 1. The molecule has 1 aliphatic heterocycles. The lowest BCUT2D eigenvalue weighted by Gasteiger charge is -2.18. The molecule has 0 radical (unpaired) electrons. The zero-order chi connectivity index (χ0) is 25.8. The van der Waals surface area contributed by atoms with E-state index in [0.29, 0.717) is 22.8 Å². The maximum Gasteiger partial charge on any atom is 0.189 e. The summed E-state index contributed by atoms with van der Waals surface area (Å²) in [5.41, 5.74) is 4.22. The van der Waals surface area contributed by atoms with Crippen LogP contribution in [0.25, 0.3) is 12.2 Å². The van der Waals surface area contributed by atoms with E-state index in [2.05, 4.69) is 13.0 Å². The number of hydrogen-bond acceptors (Lipinski definition) is 6. The zero-order valence-electron chi connectivity index (χ0n) is 21.1. The first-order chi connectivity index (χ1) is 17.4. The van der Waals surface area contributed by atoms with Crippen LogP contribution in [0.5, 0.6) is 28.7 Å². The number of phenols is 1. The Morgan fingerprint density at radius 2 is 1.61 bits per heavy atom. The van der Waals surface area contributed by atoms with Crippen molar-refractivity contribution >= 4 is 17.9 Å². The smallest absolute Gasteiger partial charge is 0.189 e. The minimum atomic E-state index is -0.243. The van der Waals surface area contributed by atoms with E-state index in [1.54, 1.807) is 38.5 Å². The number of methoxy groups -OCH3 is 3. The molecule has 4 rings (SSSR count). The van der Waals surface area contributed by atoms with Gasteiger partial charge in [-0.2, -0.15) is 0 Å². The van der Waals surface area contributed by atoms with Gasteiger partial charge in [-0.15, -0.1) is 0 Å². The van der Waals surface area contributed by atoms with Gasteiger partial charge in [-0.3, -0.25) is 4.79 Å². The van der Waals surface area contributed by atoms with Gasteiger partial charge in [0.2, 0.25) is 0 Å². The van der Waals surface area contributed by atoms with Crippen molar-refractivity contribution in [2.45, 2.75) is 25.9 Å². The highest BCUT2D eigenvalue weighted by molar-refractivity contribution is 6.08. The summed E-state index contributed by atoms with van der Waals surface area (Å²) in [6.07, 6.45) is 6.93. The second kappa shape index (κ2) is 10.6. The summed E-state index contributed by atoms with van der Waals surface area (Å²) in [5.74, 6) is 2.17. The number of allylic oxidation sites excluding steroid dienone is 2. The molecular formula is C30H30O6. The molecule has 1 N–H and O–H groups in total. The number of benzene rings is 3. The summed E-state index contributed by atoms with van der Waals surface area (Å²) in [7, 11) is 4.66. The standard InChI is InChI=1S/C30H30O6/c1-6-7-20-14-23-18(2)29(36-30(23)28(16-20)35-5)21-10-11-22(26(17-21)33-3)24(31)12-8-19-9-13-25(32)27(15-19)34-4/h6-18,29,32H,1-5H3/b7-6?,12-8+. The Morgan fingerprint density at radius 3 is 2.31 bits per heavy atom. The van der Waals surface area contributed by atoms with E-state index in [1.165, 1.54) is 19.3 Å². The molecule has 0 bridgehead atoms. The second-order valence-corrected chi connectivity index (χ2v) is 8.56. The number of carbonyl (C=O) groups excluding carboxylic acids is 1. The fourth-order valence-corrected chi connectivity index (χ4v) is 4.45. The largest absolute Gasteiger partial charge is 0.504 e. The van der Waals surface area contributed by atoms with E-state index in [9.17, 15) is 9.90 Å². The molecule has 2 atom stereocenters. The van der Waals surface area contributed by atoms with E-state index < -0.39 is 0 Å². The molecule has 36 heavy (non-hydrogen) atoms. The Labute approximate surface area is 211 Å². The number of carbonyl (C=O) groups is 1. The van der Waals surface area contributed by atoms with Crippen molar-refractivity contribution in [3.63, 3.8) is 0 Å². The first-order valence-electron chi connectivity index (χ1n) is 11.7. The van der Waals surface area contributed by atoms with Gasteiger partial charge < -0.3 is 24.1 Å². The third-order valence-electron chi connectivity index (χ3n) is 6.32. The Balaban J connectivity index is 1.60. The molecule has 186 valence electrons. The van der Waals surface area contributed by atoms with Gasteiger partial charge in [-0.05, 0) is 66.1 Å². The first-order valence-corrected chi connectivity index (χ1v) is 11.7. The van der Waals surface area contributed by atoms with E-state index in [0.717, 1.165) is 28.0 Å². The van der Waals surface area contributed by atoms with Crippen LogP contribution in [0.1, 0.15) is 58.5 Å². The third-order valence-corrected chi connectivity index (χ3v) is 6.32. The lowest BCUT2D eigenvalue weighted by Crippen LogP contribution is -2.09. The average molecular weight is 487 g/mol. The molecule has 3 aromatic carbocycles. The van der Waals surface area contributed by atoms with Gasteiger partial charge in [-0.25, -0.2) is 0 Å². The van der Waals surface area contributed by atoms with Gasteiger partial charge in [0.15, 0.2) is 28.8 Å². The van der Waals surface area contributed by atoms with Crippen molar-refractivity contribution in [2.75, 3.05) is 21.3 Å². The molecule has 0 amide bonds. The molecule has 3 aromatic rings. The predicted molar refractivity (Wildman–Crippen MR) is 141 cm³/mol. The quantitative estimate of drug-likeness (QED) is 0.286. The first kappa shape index (κ1) is 24.9. The fraction of sp³-hybridized carbons (Fsp3) is 0.233. The van der Waals surface area contributed by atoms with E-state index in [-0.39, 0.29) is 23.6 Å². The molecule has 2 unspecified atom stereocenters. The maximum atomic E-state index is 13.0. The van der Waals surface area contributed by atoms with Gasteiger partial charge >= 0.3 is 0 Å². The lowest BCUT2D eigenvalue weighted by molar-refractivity contribution is 0.104. The van der Waals surface area contributed by atoms with Crippen LogP contribution < -0.4 is 18.9 Å². The Morgan fingerprint density at radius 1 is 0.889 bits per heavy atom. The van der Waals surface area contributed by atoms with Gasteiger partial charge in [-0.1, -0.05) is 37.3 Å². The fourth-order valence-electron chi connectivity index (χ4n) is 4.45. The summed E-state index contributed by atoms with van der Waals surface area (Å²) in [4.78, 5) is 13.0. The molecule has 0 saturated carbocycles. The van der Waals surface area contributed by atoms with Crippen molar-refractivity contribution in [3.8, 4) is 28.7 Å². The maximum absolute atomic E-state index is 13.0. The summed E-state index contributed by atoms with van der Waals surface area (Å²) in [6, 6.07) is 14.5. The monoisotopic (exact) mass is 486 g/mol. The van der Waals surface area contributed by atoms with Crippen LogP contribution in [0.2, 0.25) is 0 Å². The summed E-state index contributed by atoms with van der Waals surface area (Å²) in [5, 5.41) is 9.76. The van der Waals surface area contributed by atoms with Crippen LogP contribution >= 0.6 is 0 Å². The molecule has 6 nitrogen and oxygen atoms in total. The molecule has 0 spiro atoms. The number of ether oxygens (including phenoxy) is 4. The highest BCUT2D eigenvalue weighted by Gasteiger charge is 2.35. The zero-order valence-corrected chi connectivity index (χ0v) is 21.1. The van der Waals surface area contributed by atoms with Gasteiger partial charge in [0.25, 0.3) is 0 Å². The Hall–Kier alpha value is -4.19. The van der Waals surface area contributed by atoms with E-state index >= 15 is 0 Å². The molecular weight excluding hydrogens is 456 g/mol. The normalized spacial score (nSPS) is 16.7. The Kier molecular flexibility index (Phi) is 7.34. The molecule has 0 fully saturated rings. The van der Waals surface area contributed by atoms with E-state index in [1.807, 2.05) is 37.3 Å². The minimum absolute atomic E-state index is 0.0411. The topological polar surface area (TPSA) is 74.2 Å². The van der Waals surface area contributed by atoms with Crippen LogP contribution in [-0.4, -0.2) is 32.2 Å². The summed E-state index contributed by atoms with van der Waals surface area (Å²) >= 11 is 0. The number of phenolic OH excluding ortho intramolecular Hbond substituents is 1. The highest BCUT2D eigenvalue weighted by Crippen LogP contribution is 2.51. The molecule has 1 heterocycles. The van der Waals surface area contributed by atoms with Crippen molar-refractivity contribution < 1.29 is 28.8 Å². The van der Waals surface area contributed by atoms with Crippen LogP contribution in [0.15, 0.2) is 60.7 Å². The van der Waals surface area contributed by atoms with Crippen molar-refractivity contribution in [2.24, 2.45) is 0 Å². The predicted octanol–water partition coefficient (Wildman–Crippen LogP) is 6.58. The van der Waals surface area contributed by atoms with Crippen molar-refractivity contribution in [1.29, 1.82) is 0 Å². The summed E-state index contributed by atoms with van der Waals surface area (Å²) < 4.78 is 22.7. The third kappa shape index (κ3) is 4.80. The molecule has 0 aliphatic carbocycles. The number of aromatic hydroxyl groups is 1. The van der Waals surface area contributed by atoms with Gasteiger partial charge in [0, 0.05) is 11.5 Å². The molecule has 0 saturated heterocycles. The molecule has 1 aliphatic rings. The van der Waals surface area contributed by atoms with Crippen LogP contribution in [0.4, 0.5) is 0 Å². The number of rotatable bonds is 8. The van der Waals surface area contributed by atoms with E-state index in [4.69, 9.17) is 18.9 Å². The summed E-state index contributed by atoms with van der Waals surface area (Å²) in [6.45, 7) is 4.10. The highest BCUT2D eigenvalue weighted by atomic mass is 16.5. The Bertz CT molecular complexity index is 1340. The van der Waals surface area contributed by atoms with Crippen LogP contribution in [0, 0.1) is 0 Å². The number of ketones is 1. The second-order valence-electron chi connectivity index (χ2n) is 8.56. The van der Waals surface area contributed by atoms with Gasteiger partial charge in [0.1, 0.15) is 11.9 Å². The SMILES string of the molecule is CC=Cc1cc(OC)c2c(c1)C(C)C(c1ccc(C(=O)/C=C/c3ccc(O)c(OC)c3)c(OC)c1)O2. The molecule has 6 heteroatoms. The van der Waals surface area contributed by atoms with Crippen molar-refractivity contribution in [3.05, 3.63) is 88.5 Å². The van der Waals surface area contributed by atoms with Gasteiger partial charge in [0.05, 0.1) is 26.9 Å². The lowest BCUT2D eigenvalue weighted by atomic mass is 9.91. The molecule has 0 aromatic heterocycles. The average Bonchev–Trinajstić information content (AvgIpc) is 3.23. The van der Waals surface area contributed by atoms with Crippen molar-refractivity contribution in [1.82, 2.24) is 0 Å². The van der Waals surface area contributed by atoms with Crippen LogP contribution in [0.3, 0.4) is 0 Å². The van der Waals surface area contributed by atoms with Crippen LogP contribution in [-0.2, 0) is 0 Å². The minimum Gasteiger partial charge on any atom is -0.504 e.